The summed E-state index contributed by atoms with van der Waals surface area (Å²) in [5, 5.41) is 3.93. The van der Waals surface area contributed by atoms with Crippen LogP contribution in [0.1, 0.15) is 22.3 Å². The maximum Gasteiger partial charge on any atom is 0.240 e. The van der Waals surface area contributed by atoms with E-state index >= 15 is 0 Å². The standard InChI is InChI=1S/C16H16Cl2N2O2S.ClH/c1-10-15(17)5-14(6-16(10)18)23(21,22)20-7-11-2-3-12-8-19-9-13(12)4-11;/h2-6,19-20H,7-9H2,1H3;1H. The third-order valence-electron chi connectivity index (χ3n) is 3.93. The minimum atomic E-state index is -3.67. The number of rotatable bonds is 4. The first-order valence-corrected chi connectivity index (χ1v) is 9.37. The fourth-order valence-corrected chi connectivity index (χ4v) is 4.18. The monoisotopic (exact) mass is 406 g/mol. The van der Waals surface area contributed by atoms with Crippen molar-refractivity contribution in [3.05, 3.63) is 62.6 Å². The van der Waals surface area contributed by atoms with Gasteiger partial charge >= 0.3 is 0 Å². The fourth-order valence-electron chi connectivity index (χ4n) is 2.50. The molecule has 130 valence electrons. The van der Waals surface area contributed by atoms with E-state index in [0.29, 0.717) is 15.6 Å². The number of halogens is 3. The molecule has 24 heavy (non-hydrogen) atoms. The molecule has 0 unspecified atom stereocenters. The van der Waals surface area contributed by atoms with Gasteiger partial charge in [0, 0.05) is 29.7 Å². The SMILES string of the molecule is Cc1c(Cl)cc(S(=O)(=O)NCc2ccc3c(c2)CNC3)cc1Cl.Cl. The first-order valence-electron chi connectivity index (χ1n) is 7.13. The molecule has 8 heteroatoms. The van der Waals surface area contributed by atoms with Crippen LogP contribution in [0.15, 0.2) is 35.2 Å². The molecule has 2 N–H and O–H groups in total. The van der Waals surface area contributed by atoms with Gasteiger partial charge in [0.25, 0.3) is 0 Å². The van der Waals surface area contributed by atoms with Crippen molar-refractivity contribution in [1.29, 1.82) is 0 Å². The van der Waals surface area contributed by atoms with Crippen molar-refractivity contribution in [2.75, 3.05) is 0 Å². The molecular weight excluding hydrogens is 391 g/mol. The number of fused-ring (bicyclic) bond motifs is 1. The Kier molecular flexibility index (Phi) is 6.18. The lowest BCUT2D eigenvalue weighted by atomic mass is 10.1. The highest BCUT2D eigenvalue weighted by Gasteiger charge is 2.17. The van der Waals surface area contributed by atoms with Gasteiger partial charge in [0.2, 0.25) is 10.0 Å². The van der Waals surface area contributed by atoms with Gasteiger partial charge in [-0.25, -0.2) is 13.1 Å². The Balaban J connectivity index is 0.00000208. The maximum absolute atomic E-state index is 12.4. The van der Waals surface area contributed by atoms with Crippen molar-refractivity contribution >= 4 is 45.6 Å². The average Bonchev–Trinajstić information content (AvgIpc) is 2.97. The van der Waals surface area contributed by atoms with Crippen LogP contribution in [0.2, 0.25) is 10.0 Å². The number of sulfonamides is 1. The molecule has 0 aliphatic carbocycles. The van der Waals surface area contributed by atoms with Crippen molar-refractivity contribution in [2.45, 2.75) is 31.5 Å². The smallest absolute Gasteiger partial charge is 0.240 e. The summed E-state index contributed by atoms with van der Waals surface area (Å²) in [6, 6.07) is 8.81. The van der Waals surface area contributed by atoms with E-state index in [9.17, 15) is 8.42 Å². The predicted molar refractivity (Wildman–Crippen MR) is 99.5 cm³/mol. The van der Waals surface area contributed by atoms with Crippen molar-refractivity contribution in [3.63, 3.8) is 0 Å². The lowest BCUT2D eigenvalue weighted by Gasteiger charge is -2.10. The van der Waals surface area contributed by atoms with Crippen molar-refractivity contribution < 1.29 is 8.42 Å². The molecule has 2 aromatic rings. The van der Waals surface area contributed by atoms with Gasteiger partial charge in [0.1, 0.15) is 0 Å². The number of benzene rings is 2. The van der Waals surface area contributed by atoms with Crippen LogP contribution in [0.3, 0.4) is 0 Å². The molecule has 0 aromatic heterocycles. The molecule has 1 aliphatic heterocycles. The van der Waals surface area contributed by atoms with Crippen molar-refractivity contribution in [2.24, 2.45) is 0 Å². The Morgan fingerprint density at radius 3 is 2.38 bits per heavy atom. The highest BCUT2D eigenvalue weighted by Crippen LogP contribution is 2.27. The average molecular weight is 408 g/mol. The van der Waals surface area contributed by atoms with E-state index < -0.39 is 10.0 Å². The highest BCUT2D eigenvalue weighted by atomic mass is 35.5. The summed E-state index contributed by atoms with van der Waals surface area (Å²) in [5.41, 5.74) is 4.05. The first kappa shape index (κ1) is 19.5. The summed E-state index contributed by atoms with van der Waals surface area (Å²) in [6.07, 6.45) is 0. The Bertz CT molecular complexity index is 847. The molecular formula is C16H17Cl3N2O2S. The first-order chi connectivity index (χ1) is 10.9. The second-order valence-electron chi connectivity index (χ2n) is 5.54. The lowest BCUT2D eigenvalue weighted by Crippen LogP contribution is -2.23. The molecule has 0 spiro atoms. The van der Waals surface area contributed by atoms with Gasteiger partial charge in [0.05, 0.1) is 4.90 Å². The van der Waals surface area contributed by atoms with Gasteiger partial charge in [0.15, 0.2) is 0 Å². The third kappa shape index (κ3) is 4.04. The Hall–Kier alpha value is -0.820. The molecule has 0 fully saturated rings. The summed E-state index contributed by atoms with van der Waals surface area (Å²) >= 11 is 12.0. The summed E-state index contributed by atoms with van der Waals surface area (Å²) in [5.74, 6) is 0. The molecule has 2 aromatic carbocycles. The molecule has 1 heterocycles. The van der Waals surface area contributed by atoms with E-state index in [2.05, 4.69) is 10.0 Å². The summed E-state index contributed by atoms with van der Waals surface area (Å²) in [7, 11) is -3.67. The van der Waals surface area contributed by atoms with Gasteiger partial charge in [-0.3, -0.25) is 0 Å². The van der Waals surface area contributed by atoms with Crippen LogP contribution >= 0.6 is 35.6 Å². The van der Waals surface area contributed by atoms with Crippen LogP contribution in [0.4, 0.5) is 0 Å². The summed E-state index contributed by atoms with van der Waals surface area (Å²) in [6.45, 7) is 3.65. The maximum atomic E-state index is 12.4. The zero-order chi connectivity index (χ0) is 16.6. The summed E-state index contributed by atoms with van der Waals surface area (Å²) in [4.78, 5) is 0.0703. The van der Waals surface area contributed by atoms with E-state index in [4.69, 9.17) is 23.2 Å². The number of nitrogens with one attached hydrogen (secondary N) is 2. The zero-order valence-electron chi connectivity index (χ0n) is 12.9. The second-order valence-corrected chi connectivity index (χ2v) is 8.12. The quantitative estimate of drug-likeness (QED) is 0.810. The van der Waals surface area contributed by atoms with Crippen molar-refractivity contribution in [3.8, 4) is 0 Å². The molecule has 3 rings (SSSR count). The van der Waals surface area contributed by atoms with E-state index in [1.54, 1.807) is 6.92 Å². The molecule has 0 saturated carbocycles. The highest BCUT2D eigenvalue weighted by molar-refractivity contribution is 7.89. The fraction of sp³-hybridized carbons (Fsp3) is 0.250. The second kappa shape index (κ2) is 7.60. The number of hydrogen-bond donors (Lipinski definition) is 2. The minimum absolute atomic E-state index is 0. The van der Waals surface area contributed by atoms with Gasteiger partial charge < -0.3 is 5.32 Å². The normalized spacial score (nSPS) is 13.5. The largest absolute Gasteiger partial charge is 0.309 e. The van der Waals surface area contributed by atoms with Crippen LogP contribution in [0, 0.1) is 6.92 Å². The minimum Gasteiger partial charge on any atom is -0.309 e. The van der Waals surface area contributed by atoms with E-state index in [1.165, 1.54) is 23.3 Å². The van der Waals surface area contributed by atoms with Gasteiger partial charge in [-0.1, -0.05) is 41.4 Å². The van der Waals surface area contributed by atoms with Crippen LogP contribution < -0.4 is 10.0 Å². The topological polar surface area (TPSA) is 58.2 Å². The molecule has 0 atom stereocenters. The van der Waals surface area contributed by atoms with E-state index in [-0.39, 0.29) is 23.8 Å². The van der Waals surface area contributed by atoms with Gasteiger partial charge in [-0.15, -0.1) is 12.4 Å². The van der Waals surface area contributed by atoms with Gasteiger partial charge in [-0.2, -0.15) is 0 Å². The van der Waals surface area contributed by atoms with Crippen LogP contribution in [-0.2, 0) is 29.7 Å². The predicted octanol–water partition coefficient (Wildman–Crippen LogP) is 3.81. The Morgan fingerprint density at radius 1 is 1.08 bits per heavy atom. The zero-order valence-corrected chi connectivity index (χ0v) is 16.0. The van der Waals surface area contributed by atoms with Crippen molar-refractivity contribution in [1.82, 2.24) is 10.0 Å². The summed E-state index contributed by atoms with van der Waals surface area (Å²) < 4.78 is 27.4. The van der Waals surface area contributed by atoms with Crippen LogP contribution in [0.5, 0.6) is 0 Å². The molecule has 0 saturated heterocycles. The van der Waals surface area contributed by atoms with Crippen LogP contribution in [0.25, 0.3) is 0 Å². The molecule has 0 bridgehead atoms. The molecule has 4 nitrogen and oxygen atoms in total. The lowest BCUT2D eigenvalue weighted by molar-refractivity contribution is 0.581. The Morgan fingerprint density at radius 2 is 1.71 bits per heavy atom. The molecule has 0 radical (unpaired) electrons. The van der Waals surface area contributed by atoms with E-state index in [1.807, 2.05) is 18.2 Å². The Labute approximate surface area is 158 Å². The van der Waals surface area contributed by atoms with Gasteiger partial charge in [-0.05, 0) is 41.3 Å². The third-order valence-corrected chi connectivity index (χ3v) is 6.10. The molecule has 0 amide bonds. The number of hydrogen-bond acceptors (Lipinski definition) is 3. The van der Waals surface area contributed by atoms with E-state index in [0.717, 1.165) is 18.7 Å². The van der Waals surface area contributed by atoms with Crippen LogP contribution in [-0.4, -0.2) is 8.42 Å². The molecule has 1 aliphatic rings.